The molecule has 1 heterocycles. The third-order valence-corrected chi connectivity index (χ3v) is 4.56. The number of thiazole rings is 1. The second-order valence-electron chi connectivity index (χ2n) is 5.52. The number of aryl methyl sites for hydroxylation is 1. The van der Waals surface area contributed by atoms with Gasteiger partial charge in [-0.15, -0.1) is 11.3 Å². The summed E-state index contributed by atoms with van der Waals surface area (Å²) in [5, 5.41) is 5.72. The van der Waals surface area contributed by atoms with Crippen LogP contribution in [0.5, 0.6) is 0 Å². The zero-order valence-corrected chi connectivity index (χ0v) is 14.1. The van der Waals surface area contributed by atoms with Crippen molar-refractivity contribution < 1.29 is 9.18 Å². The summed E-state index contributed by atoms with van der Waals surface area (Å²) in [4.78, 5) is 16.6. The van der Waals surface area contributed by atoms with E-state index >= 15 is 0 Å². The third kappa shape index (κ3) is 4.06. The molecule has 0 bridgehead atoms. The van der Waals surface area contributed by atoms with Crippen molar-refractivity contribution in [3.63, 3.8) is 0 Å². The quantitative estimate of drug-likeness (QED) is 0.755. The first kappa shape index (κ1) is 16.3. The molecule has 2 aromatic carbocycles. The predicted molar refractivity (Wildman–Crippen MR) is 94.7 cm³/mol. The number of nitrogens with zero attached hydrogens (tertiary/aromatic N) is 1. The number of aromatic nitrogens is 1. The van der Waals surface area contributed by atoms with Gasteiger partial charge in [-0.05, 0) is 43.3 Å². The average molecular weight is 340 g/mol. The fourth-order valence-electron chi connectivity index (χ4n) is 2.26. The maximum atomic E-state index is 13.0. The summed E-state index contributed by atoms with van der Waals surface area (Å²) in [5.74, 6) is -0.335. The topological polar surface area (TPSA) is 42.0 Å². The number of nitrogens with one attached hydrogen (secondary N) is 1. The Kier molecular flexibility index (Phi) is 5.01. The van der Waals surface area contributed by atoms with E-state index in [4.69, 9.17) is 0 Å². The maximum Gasteiger partial charge on any atom is 0.251 e. The van der Waals surface area contributed by atoms with Crippen LogP contribution in [0.2, 0.25) is 0 Å². The molecule has 0 unspecified atom stereocenters. The summed E-state index contributed by atoms with van der Waals surface area (Å²) in [6.45, 7) is 2.52. The lowest BCUT2D eigenvalue weighted by Crippen LogP contribution is -2.25. The predicted octanol–water partition coefficient (Wildman–Crippen LogP) is 4.23. The Morgan fingerprint density at radius 1 is 1.12 bits per heavy atom. The number of carbonyl (C=O) groups is 1. The Balaban J connectivity index is 1.55. The van der Waals surface area contributed by atoms with Gasteiger partial charge in [-0.3, -0.25) is 4.79 Å². The van der Waals surface area contributed by atoms with E-state index in [1.165, 1.54) is 23.5 Å². The van der Waals surface area contributed by atoms with Crippen molar-refractivity contribution in [1.29, 1.82) is 0 Å². The zero-order valence-electron chi connectivity index (χ0n) is 13.3. The number of amides is 1. The summed E-state index contributed by atoms with van der Waals surface area (Å²) < 4.78 is 13.0. The number of halogens is 1. The molecule has 24 heavy (non-hydrogen) atoms. The molecule has 0 spiro atoms. The smallest absolute Gasteiger partial charge is 0.251 e. The summed E-state index contributed by atoms with van der Waals surface area (Å²) in [5.41, 5.74) is 3.60. The molecule has 0 aliphatic rings. The molecule has 0 fully saturated rings. The molecule has 0 saturated carbocycles. The van der Waals surface area contributed by atoms with Crippen molar-refractivity contribution in [2.45, 2.75) is 13.3 Å². The number of rotatable bonds is 5. The lowest BCUT2D eigenvalue weighted by Gasteiger charge is -2.04. The van der Waals surface area contributed by atoms with E-state index < -0.39 is 0 Å². The highest BCUT2D eigenvalue weighted by molar-refractivity contribution is 7.13. The highest BCUT2D eigenvalue weighted by Gasteiger charge is 2.07. The number of benzene rings is 2. The van der Waals surface area contributed by atoms with Gasteiger partial charge in [0.2, 0.25) is 0 Å². The Hall–Kier alpha value is -2.53. The van der Waals surface area contributed by atoms with Crippen molar-refractivity contribution in [3.05, 3.63) is 76.5 Å². The molecular weight excluding hydrogens is 323 g/mol. The molecule has 0 aliphatic heterocycles. The summed E-state index contributed by atoms with van der Waals surface area (Å²) in [6.07, 6.45) is 0.662. The Labute approximate surface area is 144 Å². The van der Waals surface area contributed by atoms with Crippen molar-refractivity contribution in [2.24, 2.45) is 0 Å². The first-order valence-electron chi connectivity index (χ1n) is 7.67. The molecule has 3 rings (SSSR count). The van der Waals surface area contributed by atoms with Crippen molar-refractivity contribution in [2.75, 3.05) is 6.54 Å². The molecule has 1 aromatic heterocycles. The Morgan fingerprint density at radius 3 is 2.54 bits per heavy atom. The van der Waals surface area contributed by atoms with Crippen LogP contribution in [0, 0.1) is 12.7 Å². The average Bonchev–Trinajstić information content (AvgIpc) is 3.05. The first-order chi connectivity index (χ1) is 11.6. The van der Waals surface area contributed by atoms with Gasteiger partial charge < -0.3 is 5.32 Å². The molecule has 0 saturated heterocycles. The second-order valence-corrected chi connectivity index (χ2v) is 6.38. The van der Waals surface area contributed by atoms with E-state index in [1.54, 1.807) is 12.1 Å². The minimum Gasteiger partial charge on any atom is -0.352 e. The number of hydrogen-bond acceptors (Lipinski definition) is 3. The van der Waals surface area contributed by atoms with Gasteiger partial charge in [-0.2, -0.15) is 0 Å². The molecular formula is C19H17FN2OS. The van der Waals surface area contributed by atoms with E-state index in [0.717, 1.165) is 21.8 Å². The van der Waals surface area contributed by atoms with Crippen LogP contribution in [0.1, 0.15) is 21.6 Å². The van der Waals surface area contributed by atoms with Crippen LogP contribution in [0.15, 0.2) is 53.9 Å². The van der Waals surface area contributed by atoms with Gasteiger partial charge in [0, 0.05) is 29.5 Å². The van der Waals surface area contributed by atoms with Crippen LogP contribution in [-0.2, 0) is 6.42 Å². The molecule has 3 aromatic rings. The number of hydrogen-bond donors (Lipinski definition) is 1. The van der Waals surface area contributed by atoms with Crippen LogP contribution in [0.4, 0.5) is 4.39 Å². The van der Waals surface area contributed by atoms with E-state index in [1.807, 2.05) is 36.6 Å². The zero-order chi connectivity index (χ0) is 16.9. The SMILES string of the molecule is Cc1ccc(C(=O)NCCc2csc(-c3ccc(F)cc3)n2)cc1. The largest absolute Gasteiger partial charge is 0.352 e. The van der Waals surface area contributed by atoms with Crippen molar-refractivity contribution in [1.82, 2.24) is 10.3 Å². The molecule has 5 heteroatoms. The first-order valence-corrected chi connectivity index (χ1v) is 8.55. The van der Waals surface area contributed by atoms with E-state index in [-0.39, 0.29) is 11.7 Å². The van der Waals surface area contributed by atoms with Crippen molar-refractivity contribution in [3.8, 4) is 10.6 Å². The molecule has 122 valence electrons. The standard InChI is InChI=1S/C19H17FN2OS/c1-13-2-4-14(5-3-13)18(23)21-11-10-17-12-24-19(22-17)15-6-8-16(20)9-7-15/h2-9,12H,10-11H2,1H3,(H,21,23). The maximum absolute atomic E-state index is 13.0. The van der Waals surface area contributed by atoms with Crippen LogP contribution >= 0.6 is 11.3 Å². The van der Waals surface area contributed by atoms with E-state index in [2.05, 4.69) is 10.3 Å². The van der Waals surface area contributed by atoms with Crippen molar-refractivity contribution >= 4 is 17.2 Å². The minimum absolute atomic E-state index is 0.0796. The normalized spacial score (nSPS) is 10.6. The van der Waals surface area contributed by atoms with Gasteiger partial charge in [-0.1, -0.05) is 17.7 Å². The summed E-state index contributed by atoms with van der Waals surface area (Å²) in [7, 11) is 0. The molecule has 1 amide bonds. The monoisotopic (exact) mass is 340 g/mol. The number of carbonyl (C=O) groups excluding carboxylic acids is 1. The Morgan fingerprint density at radius 2 is 1.83 bits per heavy atom. The van der Waals surface area contributed by atoms with Gasteiger partial charge in [0.25, 0.3) is 5.91 Å². The van der Waals surface area contributed by atoms with Gasteiger partial charge in [-0.25, -0.2) is 9.37 Å². The van der Waals surface area contributed by atoms with Gasteiger partial charge in [0.1, 0.15) is 10.8 Å². The van der Waals surface area contributed by atoms with Gasteiger partial charge in [0.15, 0.2) is 0 Å². The molecule has 0 radical (unpaired) electrons. The Bertz CT molecular complexity index is 825. The minimum atomic E-state index is -0.255. The third-order valence-electron chi connectivity index (χ3n) is 3.62. The molecule has 0 aliphatic carbocycles. The molecule has 1 N–H and O–H groups in total. The highest BCUT2D eigenvalue weighted by Crippen LogP contribution is 2.23. The van der Waals surface area contributed by atoms with Crippen LogP contribution in [0.3, 0.4) is 0 Å². The highest BCUT2D eigenvalue weighted by atomic mass is 32.1. The van der Waals surface area contributed by atoms with Crippen LogP contribution in [-0.4, -0.2) is 17.4 Å². The second kappa shape index (κ2) is 7.36. The lowest BCUT2D eigenvalue weighted by molar-refractivity contribution is 0.0954. The van der Waals surface area contributed by atoms with Gasteiger partial charge in [0.05, 0.1) is 5.69 Å². The van der Waals surface area contributed by atoms with E-state index in [0.29, 0.717) is 18.5 Å². The molecule has 3 nitrogen and oxygen atoms in total. The van der Waals surface area contributed by atoms with Gasteiger partial charge >= 0.3 is 0 Å². The van der Waals surface area contributed by atoms with E-state index in [9.17, 15) is 9.18 Å². The molecule has 0 atom stereocenters. The summed E-state index contributed by atoms with van der Waals surface area (Å²) in [6, 6.07) is 13.8. The summed E-state index contributed by atoms with van der Waals surface area (Å²) >= 11 is 1.52. The van der Waals surface area contributed by atoms with Crippen LogP contribution < -0.4 is 5.32 Å². The van der Waals surface area contributed by atoms with Crippen LogP contribution in [0.25, 0.3) is 10.6 Å². The fourth-order valence-corrected chi connectivity index (χ4v) is 3.12. The lowest BCUT2D eigenvalue weighted by atomic mass is 10.1. The fraction of sp³-hybridized carbons (Fsp3) is 0.158.